The van der Waals surface area contributed by atoms with Gasteiger partial charge in [-0.2, -0.15) is 0 Å². The summed E-state index contributed by atoms with van der Waals surface area (Å²) in [6.07, 6.45) is 0. The zero-order valence-corrected chi connectivity index (χ0v) is 29.1. The van der Waals surface area contributed by atoms with E-state index in [1.54, 1.807) is 0 Å². The van der Waals surface area contributed by atoms with Crippen LogP contribution in [0.5, 0.6) is 0 Å². The summed E-state index contributed by atoms with van der Waals surface area (Å²) in [6.45, 7) is 2.00. The van der Waals surface area contributed by atoms with Crippen LogP contribution in [-0.4, -0.2) is 0 Å². The third-order valence-electron chi connectivity index (χ3n) is 11.0. The number of rotatable bonds is 4. The van der Waals surface area contributed by atoms with Crippen molar-refractivity contribution in [3.05, 3.63) is 182 Å². The summed E-state index contributed by atoms with van der Waals surface area (Å²) in [5, 5.41) is 11.8. The molecule has 53 heavy (non-hydrogen) atoms. The van der Waals surface area contributed by atoms with Crippen molar-refractivity contribution in [2.24, 2.45) is 0 Å². The lowest BCUT2D eigenvalue weighted by Crippen LogP contribution is -1.90. The number of para-hydroxylation sites is 1. The number of furan rings is 2. The molecule has 0 spiro atoms. The Bertz CT molecular complexity index is 3120. The fourth-order valence-corrected chi connectivity index (χ4v) is 8.76. The summed E-state index contributed by atoms with van der Waals surface area (Å²) < 4.78 is 13.3. The lowest BCUT2D eigenvalue weighted by Gasteiger charge is -2.17. The fraction of sp³-hybridized carbons (Fsp3) is 0.0196. The van der Waals surface area contributed by atoms with Crippen LogP contribution in [0.15, 0.2) is 185 Å². The molecule has 0 aliphatic rings. The summed E-state index contributed by atoms with van der Waals surface area (Å²) in [7, 11) is 0. The molecule has 0 aliphatic heterocycles. The van der Waals surface area contributed by atoms with E-state index in [4.69, 9.17) is 8.83 Å². The molecule has 9 aromatic carbocycles. The molecule has 2 aromatic heterocycles. The third-order valence-corrected chi connectivity index (χ3v) is 11.0. The fourth-order valence-electron chi connectivity index (χ4n) is 8.76. The standard InChI is InChI=1S/C51H32O2/c1-31-26-29-45(52-31)50-41-22-11-7-18-37(41)48(38-19-8-12-23-42(38)50)33-27-28-34-43-24-13-25-44(51(43)53-46(34)30-33)49-39-20-9-5-16-35(39)47(32-14-3-2-4-15-32)36-17-6-10-21-40(36)49/h2-30H,1H3. The zero-order chi connectivity index (χ0) is 35.0. The maximum atomic E-state index is 7.02. The first-order chi connectivity index (χ1) is 26.2. The van der Waals surface area contributed by atoms with E-state index in [9.17, 15) is 0 Å². The van der Waals surface area contributed by atoms with Gasteiger partial charge in [0.25, 0.3) is 0 Å². The Morgan fingerprint density at radius 1 is 0.321 bits per heavy atom. The van der Waals surface area contributed by atoms with Gasteiger partial charge in [0.1, 0.15) is 22.7 Å². The Hall–Kier alpha value is -6.90. The highest BCUT2D eigenvalue weighted by Gasteiger charge is 2.22. The molecule has 0 saturated heterocycles. The highest BCUT2D eigenvalue weighted by Crippen LogP contribution is 2.48. The smallest absolute Gasteiger partial charge is 0.143 e. The second-order valence-electron chi connectivity index (χ2n) is 14.0. The van der Waals surface area contributed by atoms with Crippen molar-refractivity contribution < 1.29 is 8.83 Å². The van der Waals surface area contributed by atoms with Crippen molar-refractivity contribution >= 4 is 65.0 Å². The van der Waals surface area contributed by atoms with Crippen LogP contribution in [0, 0.1) is 6.92 Å². The van der Waals surface area contributed by atoms with E-state index >= 15 is 0 Å². The van der Waals surface area contributed by atoms with E-state index in [1.807, 2.05) is 13.0 Å². The van der Waals surface area contributed by atoms with Gasteiger partial charge in [0.05, 0.1) is 0 Å². The molecule has 2 heteroatoms. The predicted molar refractivity (Wildman–Crippen MR) is 222 cm³/mol. The Balaban J connectivity index is 1.17. The topological polar surface area (TPSA) is 26.3 Å². The van der Waals surface area contributed by atoms with Gasteiger partial charge in [-0.25, -0.2) is 0 Å². The molecule has 2 heterocycles. The van der Waals surface area contributed by atoms with Gasteiger partial charge in [-0.1, -0.05) is 152 Å². The van der Waals surface area contributed by atoms with Crippen molar-refractivity contribution in [3.63, 3.8) is 0 Å². The van der Waals surface area contributed by atoms with Gasteiger partial charge in [0.15, 0.2) is 0 Å². The van der Waals surface area contributed by atoms with Gasteiger partial charge < -0.3 is 8.83 Å². The minimum absolute atomic E-state index is 0.873. The van der Waals surface area contributed by atoms with E-state index in [0.29, 0.717) is 0 Å². The molecule has 0 amide bonds. The van der Waals surface area contributed by atoms with E-state index in [1.165, 1.54) is 65.3 Å². The predicted octanol–water partition coefficient (Wildman–Crippen LogP) is 14.8. The van der Waals surface area contributed by atoms with E-state index in [-0.39, 0.29) is 0 Å². The first-order valence-electron chi connectivity index (χ1n) is 18.2. The maximum Gasteiger partial charge on any atom is 0.143 e. The van der Waals surface area contributed by atoms with Crippen LogP contribution in [0.1, 0.15) is 5.76 Å². The van der Waals surface area contributed by atoms with Gasteiger partial charge in [-0.3, -0.25) is 0 Å². The van der Waals surface area contributed by atoms with Crippen molar-refractivity contribution in [3.8, 4) is 44.7 Å². The Labute approximate surface area is 306 Å². The van der Waals surface area contributed by atoms with E-state index in [2.05, 4.69) is 170 Å². The number of benzene rings is 9. The Morgan fingerprint density at radius 2 is 0.811 bits per heavy atom. The molecule has 0 atom stereocenters. The average molecular weight is 677 g/mol. The first kappa shape index (κ1) is 29.8. The van der Waals surface area contributed by atoms with E-state index in [0.717, 1.165) is 50.1 Å². The molecule has 11 aromatic rings. The summed E-state index contributed by atoms with van der Waals surface area (Å²) in [5.41, 5.74) is 9.99. The molecule has 2 nitrogen and oxygen atoms in total. The maximum absolute atomic E-state index is 7.02. The molecule has 11 rings (SSSR count). The van der Waals surface area contributed by atoms with Crippen molar-refractivity contribution in [1.29, 1.82) is 0 Å². The van der Waals surface area contributed by atoms with Crippen LogP contribution in [0.3, 0.4) is 0 Å². The summed E-state index contributed by atoms with van der Waals surface area (Å²) >= 11 is 0. The van der Waals surface area contributed by atoms with Crippen LogP contribution < -0.4 is 0 Å². The summed E-state index contributed by atoms with van der Waals surface area (Å²) in [5.74, 6) is 1.79. The SMILES string of the molecule is Cc1ccc(-c2c3ccccc3c(-c3ccc4c(c3)oc3c(-c5c6ccccc6c(-c6ccccc6)c6ccccc56)cccc34)c3ccccc23)o1. The van der Waals surface area contributed by atoms with Crippen molar-refractivity contribution in [1.82, 2.24) is 0 Å². The summed E-state index contributed by atoms with van der Waals surface area (Å²) in [4.78, 5) is 0. The first-order valence-corrected chi connectivity index (χ1v) is 18.2. The van der Waals surface area contributed by atoms with Crippen molar-refractivity contribution in [2.45, 2.75) is 6.92 Å². The molecule has 0 radical (unpaired) electrons. The lowest BCUT2D eigenvalue weighted by atomic mass is 9.85. The number of hydrogen-bond acceptors (Lipinski definition) is 2. The molecular formula is C51H32O2. The minimum atomic E-state index is 0.873. The van der Waals surface area contributed by atoms with E-state index < -0.39 is 0 Å². The normalized spacial score (nSPS) is 11.9. The average Bonchev–Trinajstić information content (AvgIpc) is 3.82. The quantitative estimate of drug-likeness (QED) is 0.173. The minimum Gasteiger partial charge on any atom is -0.461 e. The highest BCUT2D eigenvalue weighted by molar-refractivity contribution is 6.25. The van der Waals surface area contributed by atoms with Crippen LogP contribution >= 0.6 is 0 Å². The largest absolute Gasteiger partial charge is 0.461 e. The molecule has 0 N–H and O–H groups in total. The van der Waals surface area contributed by atoms with Crippen LogP contribution in [0.4, 0.5) is 0 Å². The molecule has 248 valence electrons. The molecular weight excluding hydrogens is 645 g/mol. The zero-order valence-electron chi connectivity index (χ0n) is 29.1. The monoisotopic (exact) mass is 676 g/mol. The second kappa shape index (κ2) is 11.6. The van der Waals surface area contributed by atoms with Crippen LogP contribution in [0.25, 0.3) is 110 Å². The number of fused-ring (bicyclic) bond motifs is 7. The Morgan fingerprint density at radius 3 is 1.36 bits per heavy atom. The van der Waals surface area contributed by atoms with Gasteiger partial charge >= 0.3 is 0 Å². The molecule has 0 aliphatic carbocycles. The van der Waals surface area contributed by atoms with Gasteiger partial charge in [0, 0.05) is 27.5 Å². The molecule has 0 unspecified atom stereocenters. The van der Waals surface area contributed by atoms with Gasteiger partial charge in [-0.05, 0) is 96.5 Å². The van der Waals surface area contributed by atoms with Gasteiger partial charge in [-0.15, -0.1) is 0 Å². The summed E-state index contributed by atoms with van der Waals surface area (Å²) in [6, 6.07) is 63.2. The number of hydrogen-bond donors (Lipinski definition) is 0. The molecule has 0 fully saturated rings. The molecule has 0 saturated carbocycles. The van der Waals surface area contributed by atoms with Crippen molar-refractivity contribution in [2.75, 3.05) is 0 Å². The van der Waals surface area contributed by atoms with Crippen LogP contribution in [-0.2, 0) is 0 Å². The number of aryl methyl sites for hydroxylation is 1. The van der Waals surface area contributed by atoms with Crippen LogP contribution in [0.2, 0.25) is 0 Å². The Kier molecular flexibility index (Phi) is 6.50. The second-order valence-corrected chi connectivity index (χ2v) is 14.0. The lowest BCUT2D eigenvalue weighted by molar-refractivity contribution is 0.549. The third kappa shape index (κ3) is 4.46. The van der Waals surface area contributed by atoms with Gasteiger partial charge in [0.2, 0.25) is 0 Å². The molecule has 0 bridgehead atoms. The highest BCUT2D eigenvalue weighted by atomic mass is 16.3.